The van der Waals surface area contributed by atoms with E-state index >= 15 is 0 Å². The van der Waals surface area contributed by atoms with Crippen LogP contribution in [0, 0.1) is 17.2 Å². The van der Waals surface area contributed by atoms with Crippen molar-refractivity contribution < 1.29 is 18.3 Å². The number of nitrogens with one attached hydrogen (secondary N) is 1. The molecule has 0 amide bonds. The SMILES string of the molecule is CC(C)C[C@H](NS(=O)(=O)C(C)C#N)C(=O)O. The van der Waals surface area contributed by atoms with Crippen molar-refractivity contribution in [2.75, 3.05) is 0 Å². The van der Waals surface area contributed by atoms with Gasteiger partial charge >= 0.3 is 5.97 Å². The minimum atomic E-state index is -3.89. The van der Waals surface area contributed by atoms with E-state index in [9.17, 15) is 13.2 Å². The maximum absolute atomic E-state index is 11.5. The highest BCUT2D eigenvalue weighted by molar-refractivity contribution is 7.90. The van der Waals surface area contributed by atoms with Crippen LogP contribution in [0.15, 0.2) is 0 Å². The van der Waals surface area contributed by atoms with E-state index in [-0.39, 0.29) is 12.3 Å². The van der Waals surface area contributed by atoms with Crippen molar-refractivity contribution in [2.24, 2.45) is 5.92 Å². The monoisotopic (exact) mass is 248 g/mol. The van der Waals surface area contributed by atoms with E-state index < -0.39 is 27.3 Å². The third-order valence-corrected chi connectivity index (χ3v) is 3.61. The normalized spacial score (nSPS) is 15.4. The fraction of sp³-hybridized carbons (Fsp3) is 0.778. The van der Waals surface area contributed by atoms with Gasteiger partial charge in [0.05, 0.1) is 6.07 Å². The number of rotatable bonds is 6. The van der Waals surface area contributed by atoms with E-state index in [0.717, 1.165) is 0 Å². The van der Waals surface area contributed by atoms with Crippen LogP contribution in [0.1, 0.15) is 27.2 Å². The van der Waals surface area contributed by atoms with Crippen LogP contribution in [0.3, 0.4) is 0 Å². The van der Waals surface area contributed by atoms with Gasteiger partial charge in [-0.3, -0.25) is 4.79 Å². The van der Waals surface area contributed by atoms with E-state index in [1.807, 2.05) is 4.72 Å². The molecule has 0 aromatic carbocycles. The standard InChI is InChI=1S/C9H16N2O4S/c1-6(2)4-8(9(12)13)11-16(14,15)7(3)5-10/h6-8,11H,4H2,1-3H3,(H,12,13)/t7?,8-/m0/s1. The predicted octanol–water partition coefficient (Wildman–Crippen LogP) is 0.317. The van der Waals surface area contributed by atoms with Crippen molar-refractivity contribution in [2.45, 2.75) is 38.5 Å². The van der Waals surface area contributed by atoms with Crippen LogP contribution in [0.2, 0.25) is 0 Å². The largest absolute Gasteiger partial charge is 0.480 e. The molecule has 0 heterocycles. The first-order chi connectivity index (χ1) is 7.20. The fourth-order valence-electron chi connectivity index (χ4n) is 1.04. The Balaban J connectivity index is 4.78. The number of nitrogens with zero attached hydrogens (tertiary/aromatic N) is 1. The Morgan fingerprint density at radius 1 is 1.44 bits per heavy atom. The summed E-state index contributed by atoms with van der Waals surface area (Å²) >= 11 is 0. The number of hydrogen-bond acceptors (Lipinski definition) is 4. The molecule has 2 N–H and O–H groups in total. The van der Waals surface area contributed by atoms with Gasteiger partial charge in [-0.2, -0.15) is 9.98 Å². The van der Waals surface area contributed by atoms with Crippen molar-refractivity contribution in [1.29, 1.82) is 5.26 Å². The molecule has 0 radical (unpaired) electrons. The zero-order valence-electron chi connectivity index (χ0n) is 9.47. The van der Waals surface area contributed by atoms with Gasteiger partial charge in [-0.1, -0.05) is 13.8 Å². The highest BCUT2D eigenvalue weighted by Gasteiger charge is 2.28. The van der Waals surface area contributed by atoms with Gasteiger partial charge in [0.2, 0.25) is 10.0 Å². The number of carbonyl (C=O) groups is 1. The van der Waals surface area contributed by atoms with Crippen LogP contribution in [0.4, 0.5) is 0 Å². The summed E-state index contributed by atoms with van der Waals surface area (Å²) < 4.78 is 24.9. The van der Waals surface area contributed by atoms with Gasteiger partial charge < -0.3 is 5.11 Å². The van der Waals surface area contributed by atoms with Crippen LogP contribution in [-0.2, 0) is 14.8 Å². The minimum Gasteiger partial charge on any atom is -0.480 e. The summed E-state index contributed by atoms with van der Waals surface area (Å²) in [6.45, 7) is 4.78. The first-order valence-corrected chi connectivity index (χ1v) is 6.39. The Hall–Kier alpha value is -1.13. The topological polar surface area (TPSA) is 107 Å². The lowest BCUT2D eigenvalue weighted by Crippen LogP contribution is -2.44. The average molecular weight is 248 g/mol. The summed E-state index contributed by atoms with van der Waals surface area (Å²) in [4.78, 5) is 10.8. The molecule has 6 nitrogen and oxygen atoms in total. The second-order valence-electron chi connectivity index (χ2n) is 3.95. The molecule has 0 saturated heterocycles. The second kappa shape index (κ2) is 5.82. The van der Waals surface area contributed by atoms with Gasteiger partial charge in [0, 0.05) is 0 Å². The minimum absolute atomic E-state index is 0.0428. The first-order valence-electron chi connectivity index (χ1n) is 4.84. The van der Waals surface area contributed by atoms with Gasteiger partial charge in [0.15, 0.2) is 5.25 Å². The molecule has 92 valence electrons. The lowest BCUT2D eigenvalue weighted by molar-refractivity contribution is -0.139. The van der Waals surface area contributed by atoms with Crippen LogP contribution >= 0.6 is 0 Å². The lowest BCUT2D eigenvalue weighted by atomic mass is 10.1. The summed E-state index contributed by atoms with van der Waals surface area (Å²) in [7, 11) is -3.89. The zero-order valence-corrected chi connectivity index (χ0v) is 10.3. The quantitative estimate of drug-likeness (QED) is 0.703. The molecule has 7 heteroatoms. The number of nitriles is 1. The molecule has 1 unspecified atom stereocenters. The van der Waals surface area contributed by atoms with E-state index in [0.29, 0.717) is 0 Å². The molecule has 0 fully saturated rings. The third-order valence-electron chi connectivity index (χ3n) is 1.96. The zero-order chi connectivity index (χ0) is 12.9. The highest BCUT2D eigenvalue weighted by atomic mass is 32.2. The van der Waals surface area contributed by atoms with Crippen molar-refractivity contribution in [3.63, 3.8) is 0 Å². The van der Waals surface area contributed by atoms with Crippen LogP contribution in [0.5, 0.6) is 0 Å². The number of carboxylic acid groups (broad SMARTS) is 1. The van der Waals surface area contributed by atoms with Crippen molar-refractivity contribution in [3.8, 4) is 6.07 Å². The van der Waals surface area contributed by atoms with Crippen molar-refractivity contribution in [1.82, 2.24) is 4.72 Å². The summed E-state index contributed by atoms with van der Waals surface area (Å²) in [5.41, 5.74) is 0. The van der Waals surface area contributed by atoms with Crippen molar-refractivity contribution >= 4 is 16.0 Å². The first kappa shape index (κ1) is 14.9. The molecular formula is C9H16N2O4S. The number of sulfonamides is 1. The summed E-state index contributed by atoms with van der Waals surface area (Å²) in [6.07, 6.45) is 0.187. The molecule has 0 aromatic rings. The summed E-state index contributed by atoms with van der Waals surface area (Å²) in [5, 5.41) is 16.1. The Morgan fingerprint density at radius 3 is 2.25 bits per heavy atom. The Labute approximate surface area is 95.3 Å². The van der Waals surface area contributed by atoms with E-state index in [1.54, 1.807) is 19.9 Å². The van der Waals surface area contributed by atoms with Crippen LogP contribution in [-0.4, -0.2) is 30.8 Å². The molecule has 0 aromatic heterocycles. The maximum Gasteiger partial charge on any atom is 0.321 e. The maximum atomic E-state index is 11.5. The van der Waals surface area contributed by atoms with Gasteiger partial charge in [0.25, 0.3) is 0 Å². The molecule has 16 heavy (non-hydrogen) atoms. The molecule has 0 aliphatic rings. The van der Waals surface area contributed by atoms with Gasteiger partial charge in [-0.15, -0.1) is 0 Å². The molecule has 0 aliphatic heterocycles. The van der Waals surface area contributed by atoms with Crippen LogP contribution in [0.25, 0.3) is 0 Å². The summed E-state index contributed by atoms with van der Waals surface area (Å²) in [6, 6.07) is 0.380. The number of hydrogen-bond donors (Lipinski definition) is 2. The predicted molar refractivity (Wildman–Crippen MR) is 58.0 cm³/mol. The number of carboxylic acids is 1. The van der Waals surface area contributed by atoms with Crippen molar-refractivity contribution in [3.05, 3.63) is 0 Å². The molecule has 0 saturated carbocycles. The van der Waals surface area contributed by atoms with E-state index in [1.165, 1.54) is 6.92 Å². The van der Waals surface area contributed by atoms with Crippen LogP contribution < -0.4 is 4.72 Å². The molecular weight excluding hydrogens is 232 g/mol. The Morgan fingerprint density at radius 2 is 1.94 bits per heavy atom. The Kier molecular flexibility index (Phi) is 5.41. The fourth-order valence-corrected chi connectivity index (χ4v) is 1.98. The Bertz CT molecular complexity index is 383. The molecule has 0 bridgehead atoms. The third kappa shape index (κ3) is 4.59. The smallest absolute Gasteiger partial charge is 0.321 e. The lowest BCUT2D eigenvalue weighted by Gasteiger charge is -2.17. The van der Waals surface area contributed by atoms with E-state index in [2.05, 4.69) is 0 Å². The molecule has 0 spiro atoms. The van der Waals surface area contributed by atoms with Gasteiger partial charge in [-0.25, -0.2) is 8.42 Å². The highest BCUT2D eigenvalue weighted by Crippen LogP contribution is 2.08. The average Bonchev–Trinajstić information content (AvgIpc) is 2.14. The number of aliphatic carboxylic acids is 1. The molecule has 2 atom stereocenters. The van der Waals surface area contributed by atoms with Gasteiger partial charge in [-0.05, 0) is 19.3 Å². The van der Waals surface area contributed by atoms with Gasteiger partial charge in [0.1, 0.15) is 6.04 Å². The molecule has 0 rings (SSSR count). The molecule has 0 aliphatic carbocycles. The van der Waals surface area contributed by atoms with E-state index in [4.69, 9.17) is 10.4 Å². The second-order valence-corrected chi connectivity index (χ2v) is 5.99. The summed E-state index contributed by atoms with van der Waals surface area (Å²) in [5.74, 6) is -1.19.